The van der Waals surface area contributed by atoms with E-state index in [9.17, 15) is 5.11 Å². The molecule has 5 heteroatoms. The first-order chi connectivity index (χ1) is 7.98. The first kappa shape index (κ1) is 11.0. The van der Waals surface area contributed by atoms with Crippen LogP contribution in [-0.2, 0) is 0 Å². The van der Waals surface area contributed by atoms with Crippen molar-refractivity contribution in [3.63, 3.8) is 0 Å². The molecule has 0 aliphatic heterocycles. The Labute approximate surface area is 104 Å². The van der Waals surface area contributed by atoms with Gasteiger partial charge in [0, 0.05) is 18.3 Å². The molecule has 0 saturated heterocycles. The Morgan fingerprint density at radius 3 is 2.88 bits per heavy atom. The Morgan fingerprint density at radius 1 is 1.53 bits per heavy atom. The molecular formula is C12H14ClN3O. The van der Waals surface area contributed by atoms with E-state index in [1.165, 1.54) is 0 Å². The highest BCUT2D eigenvalue weighted by Gasteiger charge is 2.41. The van der Waals surface area contributed by atoms with Crippen LogP contribution >= 0.6 is 11.6 Å². The maximum atomic E-state index is 9.80. The first-order valence-electron chi connectivity index (χ1n) is 5.69. The van der Waals surface area contributed by atoms with E-state index in [1.807, 2.05) is 24.4 Å². The van der Waals surface area contributed by atoms with E-state index in [1.54, 1.807) is 6.20 Å². The van der Waals surface area contributed by atoms with Crippen molar-refractivity contribution in [1.82, 2.24) is 14.4 Å². The molecule has 0 bridgehead atoms. The van der Waals surface area contributed by atoms with Crippen molar-refractivity contribution in [1.29, 1.82) is 0 Å². The van der Waals surface area contributed by atoms with E-state index >= 15 is 0 Å². The molecular weight excluding hydrogens is 238 g/mol. The smallest absolute Gasteiger partial charge is 0.154 e. The summed E-state index contributed by atoms with van der Waals surface area (Å²) in [6, 6.07) is 0. The molecule has 0 unspecified atom stereocenters. The van der Waals surface area contributed by atoms with Crippen molar-refractivity contribution in [2.75, 3.05) is 0 Å². The summed E-state index contributed by atoms with van der Waals surface area (Å²) >= 11 is 6.08. The zero-order chi connectivity index (χ0) is 12.2. The Kier molecular flexibility index (Phi) is 2.22. The molecule has 90 valence electrons. The van der Waals surface area contributed by atoms with Gasteiger partial charge in [-0.2, -0.15) is 0 Å². The number of aromatic nitrogens is 3. The summed E-state index contributed by atoms with van der Waals surface area (Å²) in [6.07, 6.45) is 5.07. The third-order valence-corrected chi connectivity index (χ3v) is 3.73. The predicted molar refractivity (Wildman–Crippen MR) is 65.3 cm³/mol. The monoisotopic (exact) mass is 251 g/mol. The molecule has 1 aliphatic carbocycles. The van der Waals surface area contributed by atoms with Crippen molar-refractivity contribution in [2.24, 2.45) is 0 Å². The van der Waals surface area contributed by atoms with Gasteiger partial charge in [0.05, 0.1) is 11.3 Å². The maximum absolute atomic E-state index is 9.80. The lowest BCUT2D eigenvalue weighted by atomic mass is 9.72. The predicted octanol–water partition coefficient (Wildman–Crippen LogP) is 2.32. The van der Waals surface area contributed by atoms with Gasteiger partial charge in [-0.15, -0.1) is 0 Å². The standard InChI is InChI=1S/C12H14ClN3O/c1-7-9-10(13)14-3-4-16(9)11(15-7)8-5-12(2,17)6-8/h3-4,8,17H,5-6H2,1-2H3/t8-,12+. The summed E-state index contributed by atoms with van der Waals surface area (Å²) in [5, 5.41) is 10.3. The van der Waals surface area contributed by atoms with Crippen LogP contribution in [0.2, 0.25) is 5.15 Å². The van der Waals surface area contributed by atoms with Gasteiger partial charge in [0.1, 0.15) is 11.3 Å². The normalized spacial score (nSPS) is 28.4. The molecule has 0 aromatic carbocycles. The fourth-order valence-corrected chi connectivity index (χ4v) is 2.95. The Bertz CT molecular complexity index is 583. The van der Waals surface area contributed by atoms with E-state index < -0.39 is 5.60 Å². The summed E-state index contributed by atoms with van der Waals surface area (Å²) in [4.78, 5) is 8.63. The largest absolute Gasteiger partial charge is 0.390 e. The van der Waals surface area contributed by atoms with Crippen LogP contribution in [0.4, 0.5) is 0 Å². The molecule has 17 heavy (non-hydrogen) atoms. The molecule has 1 N–H and O–H groups in total. The van der Waals surface area contributed by atoms with E-state index in [-0.39, 0.29) is 0 Å². The highest BCUT2D eigenvalue weighted by atomic mass is 35.5. The minimum atomic E-state index is -0.540. The quantitative estimate of drug-likeness (QED) is 0.846. The fourth-order valence-electron chi connectivity index (χ4n) is 2.67. The van der Waals surface area contributed by atoms with Crippen molar-refractivity contribution in [2.45, 2.75) is 38.2 Å². The van der Waals surface area contributed by atoms with Gasteiger partial charge in [-0.25, -0.2) is 9.97 Å². The Hall–Kier alpha value is -1.13. The maximum Gasteiger partial charge on any atom is 0.154 e. The molecule has 0 radical (unpaired) electrons. The molecule has 1 fully saturated rings. The number of imidazole rings is 1. The van der Waals surface area contributed by atoms with Crippen molar-refractivity contribution >= 4 is 17.1 Å². The van der Waals surface area contributed by atoms with Crippen LogP contribution in [0.15, 0.2) is 12.4 Å². The second-order valence-corrected chi connectivity index (χ2v) is 5.45. The van der Waals surface area contributed by atoms with Gasteiger partial charge in [-0.3, -0.25) is 4.40 Å². The van der Waals surface area contributed by atoms with Gasteiger partial charge >= 0.3 is 0 Å². The van der Waals surface area contributed by atoms with Gasteiger partial charge in [0.25, 0.3) is 0 Å². The fraction of sp³-hybridized carbons (Fsp3) is 0.500. The SMILES string of the molecule is Cc1nc([C@H]2C[C@@](C)(O)C2)n2ccnc(Cl)c12. The minimum Gasteiger partial charge on any atom is -0.390 e. The van der Waals surface area contributed by atoms with Gasteiger partial charge < -0.3 is 5.11 Å². The van der Waals surface area contributed by atoms with Crippen LogP contribution < -0.4 is 0 Å². The molecule has 4 nitrogen and oxygen atoms in total. The second-order valence-electron chi connectivity index (χ2n) is 5.09. The molecule has 3 rings (SSSR count). The van der Waals surface area contributed by atoms with Gasteiger partial charge in [-0.05, 0) is 26.7 Å². The van der Waals surface area contributed by atoms with Gasteiger partial charge in [0.2, 0.25) is 0 Å². The zero-order valence-electron chi connectivity index (χ0n) is 9.81. The van der Waals surface area contributed by atoms with E-state index in [0.29, 0.717) is 11.1 Å². The average Bonchev–Trinajstić information content (AvgIpc) is 2.54. The zero-order valence-corrected chi connectivity index (χ0v) is 10.6. The molecule has 1 saturated carbocycles. The summed E-state index contributed by atoms with van der Waals surface area (Å²) in [7, 11) is 0. The molecule has 0 atom stereocenters. The highest BCUT2D eigenvalue weighted by molar-refractivity contribution is 6.32. The molecule has 2 heterocycles. The number of rotatable bonds is 1. The van der Waals surface area contributed by atoms with Crippen molar-refractivity contribution in [3.05, 3.63) is 29.1 Å². The van der Waals surface area contributed by atoms with Crippen LogP contribution in [0.25, 0.3) is 5.52 Å². The van der Waals surface area contributed by atoms with Crippen LogP contribution in [0, 0.1) is 6.92 Å². The van der Waals surface area contributed by atoms with Crippen LogP contribution in [0.3, 0.4) is 0 Å². The third kappa shape index (κ3) is 1.63. The molecule has 0 amide bonds. The highest BCUT2D eigenvalue weighted by Crippen LogP contribution is 2.44. The number of aliphatic hydroxyl groups is 1. The number of aryl methyl sites for hydroxylation is 1. The van der Waals surface area contributed by atoms with Crippen molar-refractivity contribution < 1.29 is 5.11 Å². The topological polar surface area (TPSA) is 50.4 Å². The lowest BCUT2D eigenvalue weighted by Crippen LogP contribution is -2.40. The lowest BCUT2D eigenvalue weighted by Gasteiger charge is -2.40. The second kappa shape index (κ2) is 3.43. The summed E-state index contributed by atoms with van der Waals surface area (Å²) in [6.45, 7) is 3.80. The molecule has 0 spiro atoms. The van der Waals surface area contributed by atoms with Gasteiger partial charge in [0.15, 0.2) is 5.15 Å². The lowest BCUT2D eigenvalue weighted by molar-refractivity contribution is -0.0335. The van der Waals surface area contributed by atoms with E-state index in [0.717, 1.165) is 29.9 Å². The Morgan fingerprint density at radius 2 is 2.24 bits per heavy atom. The molecule has 1 aliphatic rings. The van der Waals surface area contributed by atoms with Crippen molar-refractivity contribution in [3.8, 4) is 0 Å². The number of hydrogen-bond acceptors (Lipinski definition) is 3. The number of fused-ring (bicyclic) bond motifs is 1. The van der Waals surface area contributed by atoms with Gasteiger partial charge in [-0.1, -0.05) is 11.6 Å². The number of hydrogen-bond donors (Lipinski definition) is 1. The van der Waals surface area contributed by atoms with Crippen LogP contribution in [-0.4, -0.2) is 25.1 Å². The minimum absolute atomic E-state index is 0.310. The average molecular weight is 252 g/mol. The van der Waals surface area contributed by atoms with Crippen LogP contribution in [0.1, 0.15) is 37.2 Å². The summed E-state index contributed by atoms with van der Waals surface area (Å²) in [5.41, 5.74) is 1.22. The Balaban J connectivity index is 2.10. The summed E-state index contributed by atoms with van der Waals surface area (Å²) in [5.74, 6) is 1.29. The van der Waals surface area contributed by atoms with E-state index in [4.69, 9.17) is 11.6 Å². The number of halogens is 1. The van der Waals surface area contributed by atoms with E-state index in [2.05, 4.69) is 9.97 Å². The molecule has 2 aromatic rings. The summed E-state index contributed by atoms with van der Waals surface area (Å²) < 4.78 is 1.99. The van der Waals surface area contributed by atoms with Crippen LogP contribution in [0.5, 0.6) is 0 Å². The molecule has 2 aromatic heterocycles. The first-order valence-corrected chi connectivity index (χ1v) is 6.07. The third-order valence-electron chi connectivity index (χ3n) is 3.45. The number of nitrogens with zero attached hydrogens (tertiary/aromatic N) is 3.